The molecule has 1 aliphatic heterocycles. The standard InChI is InChI=1S/C25H31F2IN4O3/c1-32(16-19-7-8-21(33)22(29)30-19)13-10-20(11-14-32)31(28)23(34)25(35,17-5-3-2-4-6-17)18-9-12-24(26,27)15-18/h2-8,18,20,35H,9-16H2,1H3,(H2-,29,30,33)/p+1/t18-,20?,25+,32?/m1/s1. The lowest BCUT2D eigenvalue weighted by atomic mass is 9.79. The summed E-state index contributed by atoms with van der Waals surface area (Å²) in [7, 11) is 2.11. The molecule has 1 saturated heterocycles. The zero-order valence-electron chi connectivity index (χ0n) is 19.7. The van der Waals surface area contributed by atoms with Crippen molar-refractivity contribution in [1.29, 1.82) is 0 Å². The van der Waals surface area contributed by atoms with Crippen molar-refractivity contribution in [3.05, 3.63) is 53.7 Å². The van der Waals surface area contributed by atoms with E-state index in [-0.39, 0.29) is 30.5 Å². The van der Waals surface area contributed by atoms with Crippen LogP contribution in [0, 0.1) is 5.92 Å². The van der Waals surface area contributed by atoms with Gasteiger partial charge in [0.05, 0.1) is 54.7 Å². The number of carbonyl (C=O) groups is 1. The second kappa shape index (κ2) is 9.78. The molecular formula is C25H32F2IN4O3+. The van der Waals surface area contributed by atoms with Gasteiger partial charge in [-0.15, -0.1) is 0 Å². The van der Waals surface area contributed by atoms with E-state index < -0.39 is 29.8 Å². The van der Waals surface area contributed by atoms with E-state index in [1.165, 1.54) is 0 Å². The molecule has 190 valence electrons. The Hall–Kier alpha value is -2.05. The van der Waals surface area contributed by atoms with Crippen LogP contribution in [-0.2, 0) is 16.9 Å². The van der Waals surface area contributed by atoms with Gasteiger partial charge >= 0.3 is 0 Å². The molecule has 2 atom stereocenters. The second-order valence-electron chi connectivity index (χ2n) is 10.2. The first-order chi connectivity index (χ1) is 16.4. The lowest BCUT2D eigenvalue weighted by Gasteiger charge is -2.44. The number of halogens is 3. The maximum atomic E-state index is 14.1. The lowest BCUT2D eigenvalue weighted by molar-refractivity contribution is -0.927. The molecule has 0 radical (unpaired) electrons. The highest BCUT2D eigenvalue weighted by Crippen LogP contribution is 2.48. The molecule has 35 heavy (non-hydrogen) atoms. The zero-order valence-corrected chi connectivity index (χ0v) is 21.9. The van der Waals surface area contributed by atoms with Crippen molar-refractivity contribution in [2.45, 2.75) is 56.2 Å². The van der Waals surface area contributed by atoms with Crippen molar-refractivity contribution in [3.8, 4) is 5.75 Å². The minimum atomic E-state index is -2.88. The molecule has 2 aliphatic rings. The fourth-order valence-corrected chi connectivity index (χ4v) is 6.34. The number of hydrogen-bond donors (Lipinski definition) is 3. The number of nitrogens with two attached hydrogens (primary N) is 1. The number of hydrogen-bond acceptors (Lipinski definition) is 5. The minimum absolute atomic E-state index is 0.0416. The first kappa shape index (κ1) is 26.0. The summed E-state index contributed by atoms with van der Waals surface area (Å²) in [5, 5.41) is 21.4. The summed E-state index contributed by atoms with van der Waals surface area (Å²) in [6, 6.07) is 11.7. The molecule has 0 spiro atoms. The number of benzene rings is 1. The number of alkyl halides is 2. The van der Waals surface area contributed by atoms with Gasteiger partial charge in [-0.1, -0.05) is 30.3 Å². The van der Waals surface area contributed by atoms with Gasteiger partial charge in [0.15, 0.2) is 17.2 Å². The second-order valence-corrected chi connectivity index (χ2v) is 11.2. The van der Waals surface area contributed by atoms with Crippen LogP contribution in [0.2, 0.25) is 0 Å². The van der Waals surface area contributed by atoms with Crippen molar-refractivity contribution in [2.75, 3.05) is 25.9 Å². The molecule has 7 nitrogen and oxygen atoms in total. The Labute approximate surface area is 218 Å². The van der Waals surface area contributed by atoms with Crippen LogP contribution in [0.15, 0.2) is 42.5 Å². The summed E-state index contributed by atoms with van der Waals surface area (Å²) < 4.78 is 30.5. The van der Waals surface area contributed by atoms with E-state index in [0.717, 1.165) is 18.8 Å². The van der Waals surface area contributed by atoms with E-state index in [1.54, 1.807) is 45.6 Å². The first-order valence-electron chi connectivity index (χ1n) is 11.9. The van der Waals surface area contributed by atoms with Crippen molar-refractivity contribution in [1.82, 2.24) is 8.10 Å². The number of nitrogens with zero attached hydrogens (tertiary/aromatic N) is 3. The summed E-state index contributed by atoms with van der Waals surface area (Å²) in [5.41, 5.74) is 4.89. The Balaban J connectivity index is 1.48. The van der Waals surface area contributed by atoms with Crippen molar-refractivity contribution in [2.24, 2.45) is 5.92 Å². The van der Waals surface area contributed by atoms with E-state index in [2.05, 4.69) is 12.0 Å². The largest absolute Gasteiger partial charge is 0.504 e. The molecule has 1 amide bonds. The molecule has 1 aromatic carbocycles. The Bertz CT molecular complexity index is 1070. The molecule has 1 aromatic heterocycles. The SMILES string of the molecule is C[N+]1(Cc2ccc(O)c(N)n2)CCC(N(I)C(=O)[C@](O)(c2ccccc2)[C@@H]2CCC(F)(F)C2)CC1. The number of quaternary nitrogens is 1. The van der Waals surface area contributed by atoms with Crippen LogP contribution < -0.4 is 5.73 Å². The molecule has 10 heteroatoms. The van der Waals surface area contributed by atoms with Crippen molar-refractivity contribution >= 4 is 34.6 Å². The summed E-state index contributed by atoms with van der Waals surface area (Å²) in [6.07, 6.45) is 0.666. The predicted molar refractivity (Wildman–Crippen MR) is 136 cm³/mol. The van der Waals surface area contributed by atoms with Crippen LogP contribution in [0.1, 0.15) is 43.4 Å². The summed E-state index contributed by atoms with van der Waals surface area (Å²) >= 11 is 1.95. The predicted octanol–water partition coefficient (Wildman–Crippen LogP) is 3.98. The minimum Gasteiger partial charge on any atom is -0.504 e. The molecule has 0 bridgehead atoms. The molecular weight excluding hydrogens is 569 g/mol. The number of carbonyl (C=O) groups excluding carboxylic acids is 1. The van der Waals surface area contributed by atoms with E-state index in [9.17, 15) is 23.8 Å². The van der Waals surface area contributed by atoms with Crippen molar-refractivity contribution in [3.63, 3.8) is 0 Å². The van der Waals surface area contributed by atoms with Crippen LogP contribution in [0.3, 0.4) is 0 Å². The molecule has 2 fully saturated rings. The van der Waals surface area contributed by atoms with Gasteiger partial charge in [0.25, 0.3) is 5.91 Å². The number of piperidine rings is 1. The number of aromatic nitrogens is 1. The molecule has 4 rings (SSSR count). The van der Waals surface area contributed by atoms with Crippen molar-refractivity contribution < 1.29 is 28.3 Å². The van der Waals surface area contributed by atoms with Gasteiger partial charge in [-0.2, -0.15) is 0 Å². The maximum Gasteiger partial charge on any atom is 0.268 e. The smallest absolute Gasteiger partial charge is 0.268 e. The maximum absolute atomic E-state index is 14.1. The van der Waals surface area contributed by atoms with E-state index >= 15 is 0 Å². The average Bonchev–Trinajstić information content (AvgIpc) is 3.21. The molecule has 1 aliphatic carbocycles. The molecule has 2 aromatic rings. The lowest BCUT2D eigenvalue weighted by Crippen LogP contribution is -2.56. The quantitative estimate of drug-likeness (QED) is 0.265. The van der Waals surface area contributed by atoms with E-state index in [4.69, 9.17) is 5.73 Å². The number of amides is 1. The fraction of sp³-hybridized carbons (Fsp3) is 0.520. The highest BCUT2D eigenvalue weighted by Gasteiger charge is 2.55. The van der Waals surface area contributed by atoms with Crippen LogP contribution in [0.4, 0.5) is 14.6 Å². The van der Waals surface area contributed by atoms with Gasteiger partial charge in [-0.3, -0.25) is 7.91 Å². The topological polar surface area (TPSA) is 99.7 Å². The van der Waals surface area contributed by atoms with Gasteiger partial charge in [0.2, 0.25) is 5.92 Å². The average molecular weight is 601 g/mol. The number of anilines is 1. The molecule has 0 unspecified atom stereocenters. The molecule has 1 saturated carbocycles. The summed E-state index contributed by atoms with van der Waals surface area (Å²) in [6.45, 7) is 2.17. The number of nitrogen functional groups attached to an aromatic ring is 1. The van der Waals surface area contributed by atoms with Crippen LogP contribution in [0.5, 0.6) is 5.75 Å². The summed E-state index contributed by atoms with van der Waals surface area (Å²) in [4.78, 5) is 18.0. The number of rotatable bonds is 6. The van der Waals surface area contributed by atoms with Crippen LogP contribution in [-0.4, -0.2) is 60.8 Å². The number of aromatic hydroxyl groups is 1. The Morgan fingerprint density at radius 2 is 1.89 bits per heavy atom. The molecule has 4 N–H and O–H groups in total. The number of likely N-dealkylation sites (tertiary alicyclic amines) is 1. The highest BCUT2D eigenvalue weighted by molar-refractivity contribution is 14.1. The van der Waals surface area contributed by atoms with Gasteiger partial charge in [-0.05, 0) is 24.1 Å². The third-order valence-electron chi connectivity index (χ3n) is 7.56. The van der Waals surface area contributed by atoms with E-state index in [1.807, 2.05) is 22.9 Å². The van der Waals surface area contributed by atoms with Gasteiger partial charge < -0.3 is 20.4 Å². The highest BCUT2D eigenvalue weighted by atomic mass is 127. The van der Waals surface area contributed by atoms with Gasteiger partial charge in [0, 0.05) is 31.6 Å². The van der Waals surface area contributed by atoms with Crippen LogP contribution in [0.25, 0.3) is 0 Å². The van der Waals surface area contributed by atoms with Crippen LogP contribution >= 0.6 is 22.9 Å². The fourth-order valence-electron chi connectivity index (χ4n) is 5.41. The van der Waals surface area contributed by atoms with Gasteiger partial charge in [-0.25, -0.2) is 13.8 Å². The zero-order chi connectivity index (χ0) is 25.4. The molecule has 2 heterocycles. The normalized spacial score (nSPS) is 27.8. The van der Waals surface area contributed by atoms with Gasteiger partial charge in [0.1, 0.15) is 6.54 Å². The monoisotopic (exact) mass is 601 g/mol. The Morgan fingerprint density at radius 3 is 2.46 bits per heavy atom. The summed E-state index contributed by atoms with van der Waals surface area (Å²) in [5.74, 6) is -4.19. The Kier molecular flexibility index (Phi) is 7.27. The van der Waals surface area contributed by atoms with E-state index in [0.29, 0.717) is 29.4 Å². The Morgan fingerprint density at radius 1 is 1.23 bits per heavy atom. The third-order valence-corrected chi connectivity index (χ3v) is 8.78. The number of pyridine rings is 1. The first-order valence-corrected chi connectivity index (χ1v) is 12.8. The third kappa shape index (κ3) is 5.39. The number of aliphatic hydroxyl groups is 1.